The molecule has 5 nitrogen and oxygen atoms in total. The van der Waals surface area contributed by atoms with E-state index in [2.05, 4.69) is 10.6 Å². The van der Waals surface area contributed by atoms with E-state index in [0.717, 1.165) is 29.4 Å². The summed E-state index contributed by atoms with van der Waals surface area (Å²) >= 11 is 0. The number of carbonyl (C=O) groups excluding carboxylic acids is 1. The molecular weight excluding hydrogens is 438 g/mol. The topological polar surface area (TPSA) is 59.6 Å². The van der Waals surface area contributed by atoms with Crippen molar-refractivity contribution in [3.8, 4) is 11.5 Å². The third-order valence-electron chi connectivity index (χ3n) is 6.46. The fraction of sp³-hybridized carbons (Fsp3) is 0.222. The lowest BCUT2D eigenvalue weighted by Crippen LogP contribution is -2.27. The van der Waals surface area contributed by atoms with E-state index in [9.17, 15) is 13.6 Å². The summed E-state index contributed by atoms with van der Waals surface area (Å²) in [5.41, 5.74) is 3.65. The van der Waals surface area contributed by atoms with Gasteiger partial charge in [-0.2, -0.15) is 0 Å². The van der Waals surface area contributed by atoms with Crippen molar-refractivity contribution in [2.75, 3.05) is 24.9 Å². The van der Waals surface area contributed by atoms with Gasteiger partial charge in [0.2, 0.25) is 0 Å². The van der Waals surface area contributed by atoms with Gasteiger partial charge in [0, 0.05) is 23.3 Å². The molecule has 5 rings (SSSR count). The van der Waals surface area contributed by atoms with E-state index < -0.39 is 17.7 Å². The van der Waals surface area contributed by atoms with E-state index in [-0.39, 0.29) is 23.7 Å². The van der Waals surface area contributed by atoms with Crippen molar-refractivity contribution >= 4 is 17.2 Å². The minimum Gasteiger partial charge on any atom is -0.493 e. The van der Waals surface area contributed by atoms with Gasteiger partial charge in [0.15, 0.2) is 17.3 Å². The Balaban J connectivity index is 1.61. The second-order valence-corrected chi connectivity index (χ2v) is 8.45. The van der Waals surface area contributed by atoms with Crippen LogP contribution in [0.25, 0.3) is 0 Å². The zero-order valence-electron chi connectivity index (χ0n) is 18.8. The fourth-order valence-electron chi connectivity index (χ4n) is 4.80. The lowest BCUT2D eigenvalue weighted by molar-refractivity contribution is -0.116. The molecule has 0 saturated heterocycles. The van der Waals surface area contributed by atoms with Crippen molar-refractivity contribution < 1.29 is 23.0 Å². The molecule has 2 N–H and O–H groups in total. The van der Waals surface area contributed by atoms with Crippen LogP contribution in [0.15, 0.2) is 71.9 Å². The SMILES string of the molecule is COc1ccc(C2CC(=O)C3=C(C2)Nc2ccccc2NC3c2cc(F)ccc2F)cc1OC. The summed E-state index contributed by atoms with van der Waals surface area (Å²) in [5, 5.41) is 6.68. The van der Waals surface area contributed by atoms with Gasteiger partial charge >= 0.3 is 0 Å². The average Bonchev–Trinajstić information content (AvgIpc) is 3.01. The first kappa shape index (κ1) is 21.9. The third kappa shape index (κ3) is 3.87. The van der Waals surface area contributed by atoms with Crippen molar-refractivity contribution in [2.24, 2.45) is 0 Å². The monoisotopic (exact) mass is 462 g/mol. The number of hydrogen-bond donors (Lipinski definition) is 2. The summed E-state index contributed by atoms with van der Waals surface area (Å²) in [6, 6.07) is 15.6. The number of allylic oxidation sites excluding steroid dienone is 1. The number of ether oxygens (including phenoxy) is 2. The molecular formula is C27H24F2N2O3. The zero-order chi connectivity index (χ0) is 23.8. The molecule has 1 aliphatic carbocycles. The molecule has 1 aliphatic heterocycles. The highest BCUT2D eigenvalue weighted by Crippen LogP contribution is 2.45. The van der Waals surface area contributed by atoms with Gasteiger partial charge in [-0.15, -0.1) is 0 Å². The number of para-hydroxylation sites is 2. The number of anilines is 2. The van der Waals surface area contributed by atoms with E-state index in [1.807, 2.05) is 42.5 Å². The van der Waals surface area contributed by atoms with Crippen LogP contribution in [0.2, 0.25) is 0 Å². The van der Waals surface area contributed by atoms with Crippen molar-refractivity contribution in [3.63, 3.8) is 0 Å². The number of benzene rings is 3. The molecule has 34 heavy (non-hydrogen) atoms. The van der Waals surface area contributed by atoms with E-state index in [1.54, 1.807) is 14.2 Å². The van der Waals surface area contributed by atoms with Gasteiger partial charge in [0.1, 0.15) is 11.6 Å². The lowest BCUT2D eigenvalue weighted by atomic mass is 9.78. The predicted molar refractivity (Wildman–Crippen MR) is 126 cm³/mol. The highest BCUT2D eigenvalue weighted by molar-refractivity contribution is 6.01. The smallest absolute Gasteiger partial charge is 0.163 e. The van der Waals surface area contributed by atoms with Crippen LogP contribution in [0.1, 0.15) is 35.9 Å². The molecule has 0 radical (unpaired) electrons. The summed E-state index contributed by atoms with van der Waals surface area (Å²) in [6.07, 6.45) is 0.765. The highest BCUT2D eigenvalue weighted by atomic mass is 19.1. The first-order valence-corrected chi connectivity index (χ1v) is 11.0. The number of hydrogen-bond acceptors (Lipinski definition) is 5. The minimum atomic E-state index is -0.819. The van der Waals surface area contributed by atoms with Crippen LogP contribution >= 0.6 is 0 Å². The second-order valence-electron chi connectivity index (χ2n) is 8.45. The van der Waals surface area contributed by atoms with Gasteiger partial charge < -0.3 is 20.1 Å². The fourth-order valence-corrected chi connectivity index (χ4v) is 4.80. The van der Waals surface area contributed by atoms with Crippen molar-refractivity contribution in [1.82, 2.24) is 0 Å². The Hall–Kier alpha value is -3.87. The number of fused-ring (bicyclic) bond motifs is 1. The Morgan fingerprint density at radius 1 is 0.882 bits per heavy atom. The van der Waals surface area contributed by atoms with Crippen LogP contribution in [0, 0.1) is 11.6 Å². The van der Waals surface area contributed by atoms with Crippen LogP contribution in [0.4, 0.5) is 20.2 Å². The molecule has 3 aromatic carbocycles. The Kier molecular flexibility index (Phi) is 5.69. The van der Waals surface area contributed by atoms with Gasteiger partial charge in [0.25, 0.3) is 0 Å². The molecule has 0 bridgehead atoms. The van der Waals surface area contributed by atoms with Crippen molar-refractivity contribution in [3.05, 3.63) is 94.7 Å². The molecule has 2 atom stereocenters. The highest BCUT2D eigenvalue weighted by Gasteiger charge is 2.37. The molecule has 0 aromatic heterocycles. The Morgan fingerprint density at radius 3 is 2.41 bits per heavy atom. The molecule has 3 aromatic rings. The molecule has 0 spiro atoms. The summed E-state index contributed by atoms with van der Waals surface area (Å²) in [4.78, 5) is 13.6. The van der Waals surface area contributed by atoms with Gasteiger partial charge in [0.05, 0.1) is 31.6 Å². The Labute approximate surface area is 196 Å². The maximum atomic E-state index is 14.9. The number of halogens is 2. The number of rotatable bonds is 4. The number of carbonyl (C=O) groups is 1. The van der Waals surface area contributed by atoms with E-state index in [4.69, 9.17) is 9.47 Å². The first-order chi connectivity index (χ1) is 16.5. The van der Waals surface area contributed by atoms with Gasteiger partial charge in [-0.25, -0.2) is 8.78 Å². The summed E-state index contributed by atoms with van der Waals surface area (Å²) in [7, 11) is 3.15. The second kappa shape index (κ2) is 8.82. The quantitative estimate of drug-likeness (QED) is 0.501. The van der Waals surface area contributed by atoms with Crippen molar-refractivity contribution in [1.29, 1.82) is 0 Å². The van der Waals surface area contributed by atoms with Crippen LogP contribution in [-0.2, 0) is 4.79 Å². The molecule has 1 heterocycles. The van der Waals surface area contributed by atoms with Gasteiger partial charge in [-0.05, 0) is 60.4 Å². The Bertz CT molecular complexity index is 1300. The minimum absolute atomic E-state index is 0.101. The van der Waals surface area contributed by atoms with Gasteiger partial charge in [-0.3, -0.25) is 4.79 Å². The van der Waals surface area contributed by atoms with Crippen LogP contribution in [0.3, 0.4) is 0 Å². The molecule has 7 heteroatoms. The van der Waals surface area contributed by atoms with E-state index in [0.29, 0.717) is 34.9 Å². The van der Waals surface area contributed by atoms with Gasteiger partial charge in [-0.1, -0.05) is 18.2 Å². The standard InChI is InChI=1S/C27H24F2N2O3/c1-33-24-10-7-15(13-25(24)34-2)16-11-22-26(23(32)12-16)27(18-14-17(28)8-9-19(18)29)31-21-6-4-3-5-20(21)30-22/h3-10,13-14,16,27,30-31H,11-12H2,1-2H3. The van der Waals surface area contributed by atoms with Crippen molar-refractivity contribution in [2.45, 2.75) is 24.8 Å². The zero-order valence-corrected chi connectivity index (χ0v) is 18.8. The van der Waals surface area contributed by atoms with E-state index >= 15 is 0 Å². The molecule has 174 valence electrons. The largest absolute Gasteiger partial charge is 0.493 e. The Morgan fingerprint density at radius 2 is 1.65 bits per heavy atom. The maximum Gasteiger partial charge on any atom is 0.163 e. The first-order valence-electron chi connectivity index (χ1n) is 11.0. The number of methoxy groups -OCH3 is 2. The van der Waals surface area contributed by atoms with Crippen LogP contribution in [0.5, 0.6) is 11.5 Å². The number of nitrogens with one attached hydrogen (secondary N) is 2. The third-order valence-corrected chi connectivity index (χ3v) is 6.46. The lowest BCUT2D eigenvalue weighted by Gasteiger charge is -2.30. The van der Waals surface area contributed by atoms with Crippen LogP contribution in [-0.4, -0.2) is 20.0 Å². The number of Topliss-reactive ketones (excluding diaryl/α,β-unsaturated/α-hetero) is 1. The summed E-state index contributed by atoms with van der Waals surface area (Å²) in [5.74, 6) is -0.157. The normalized spacial score (nSPS) is 19.4. The molecule has 0 amide bonds. The molecule has 0 fully saturated rings. The average molecular weight is 462 g/mol. The molecule has 0 saturated carbocycles. The predicted octanol–water partition coefficient (Wildman–Crippen LogP) is 5.96. The number of ketones is 1. The maximum absolute atomic E-state index is 14.9. The summed E-state index contributed by atoms with van der Waals surface area (Å²) in [6.45, 7) is 0. The van der Waals surface area contributed by atoms with Crippen LogP contribution < -0.4 is 20.1 Å². The summed E-state index contributed by atoms with van der Waals surface area (Å²) < 4.78 is 39.7. The molecule has 2 unspecified atom stereocenters. The van der Waals surface area contributed by atoms with E-state index in [1.165, 1.54) is 0 Å². The molecule has 2 aliphatic rings.